The highest BCUT2D eigenvalue weighted by molar-refractivity contribution is 7.87. The van der Waals surface area contributed by atoms with Crippen LogP contribution in [0.4, 0.5) is 5.69 Å². The predicted octanol–water partition coefficient (Wildman–Crippen LogP) is 3.45. The van der Waals surface area contributed by atoms with Gasteiger partial charge in [0.15, 0.2) is 0 Å². The number of hydrogen-bond acceptors (Lipinski definition) is 4. The van der Waals surface area contributed by atoms with E-state index in [4.69, 9.17) is 0 Å². The Bertz CT molecular complexity index is 1350. The lowest BCUT2D eigenvalue weighted by Gasteiger charge is -2.35. The third-order valence-electron chi connectivity index (χ3n) is 6.08. The van der Waals surface area contributed by atoms with Gasteiger partial charge in [-0.05, 0) is 53.6 Å². The molecule has 1 saturated heterocycles. The van der Waals surface area contributed by atoms with Crippen molar-refractivity contribution >= 4 is 32.6 Å². The Morgan fingerprint density at radius 1 is 0.943 bits per heavy atom. The van der Waals surface area contributed by atoms with Crippen molar-refractivity contribution in [3.63, 3.8) is 0 Å². The molecular weight excluding hydrogens is 462 g/mol. The van der Waals surface area contributed by atoms with Crippen LogP contribution in [0.1, 0.15) is 30.9 Å². The monoisotopic (exact) mass is 491 g/mol. The minimum absolute atomic E-state index is 0.255. The van der Waals surface area contributed by atoms with Crippen LogP contribution in [0.25, 0.3) is 10.8 Å². The fourth-order valence-electron chi connectivity index (χ4n) is 4.13. The molecule has 0 spiro atoms. The first-order valence-corrected chi connectivity index (χ1v) is 13.2. The van der Waals surface area contributed by atoms with Crippen molar-refractivity contribution in [2.24, 2.45) is 0 Å². The van der Waals surface area contributed by atoms with Crippen molar-refractivity contribution in [2.45, 2.75) is 25.8 Å². The van der Waals surface area contributed by atoms with Gasteiger partial charge in [-0.25, -0.2) is 0 Å². The molecule has 3 aromatic carbocycles. The average Bonchev–Trinajstić information content (AvgIpc) is 2.87. The third kappa shape index (κ3) is 6.20. The summed E-state index contributed by atoms with van der Waals surface area (Å²) >= 11 is 0. The molecule has 4 rings (SSSR count). The Morgan fingerprint density at radius 3 is 2.23 bits per heavy atom. The first kappa shape index (κ1) is 24.7. The predicted molar refractivity (Wildman–Crippen MR) is 139 cm³/mol. The van der Waals surface area contributed by atoms with Crippen molar-refractivity contribution in [3.8, 4) is 11.8 Å². The minimum atomic E-state index is -3.85. The van der Waals surface area contributed by atoms with Gasteiger partial charge in [0.2, 0.25) is 0 Å². The summed E-state index contributed by atoms with van der Waals surface area (Å²) in [5.74, 6) is 5.27. The number of carboxylic acid groups (broad SMARTS) is 1. The maximum absolute atomic E-state index is 12.6. The van der Waals surface area contributed by atoms with Crippen molar-refractivity contribution in [3.05, 3.63) is 77.9 Å². The number of nitrogens with zero attached hydrogens (tertiary/aromatic N) is 2. The Labute approximate surface area is 206 Å². The number of rotatable bonds is 7. The van der Waals surface area contributed by atoms with Crippen LogP contribution in [0.15, 0.2) is 66.7 Å². The van der Waals surface area contributed by atoms with E-state index in [1.807, 2.05) is 49.4 Å². The molecule has 1 aliphatic rings. The Balaban J connectivity index is 1.36. The van der Waals surface area contributed by atoms with E-state index in [1.54, 1.807) is 0 Å². The molecule has 0 saturated carbocycles. The molecule has 1 heterocycles. The van der Waals surface area contributed by atoms with Gasteiger partial charge in [-0.15, -0.1) is 0 Å². The molecule has 0 amide bonds. The quantitative estimate of drug-likeness (QED) is 0.494. The topological polar surface area (TPSA) is 90.0 Å². The maximum atomic E-state index is 12.6. The summed E-state index contributed by atoms with van der Waals surface area (Å²) in [6, 6.07) is 21.2. The molecule has 0 radical (unpaired) electrons. The summed E-state index contributed by atoms with van der Waals surface area (Å²) in [7, 11) is -3.85. The first-order chi connectivity index (χ1) is 16.9. The summed E-state index contributed by atoms with van der Waals surface area (Å²) in [6.45, 7) is 3.45. The first-order valence-electron chi connectivity index (χ1n) is 11.7. The fourth-order valence-corrected chi connectivity index (χ4v) is 5.50. The van der Waals surface area contributed by atoms with E-state index in [0.29, 0.717) is 19.5 Å². The number of carbonyl (C=O) groups is 1. The molecule has 1 fully saturated rings. The van der Waals surface area contributed by atoms with Gasteiger partial charge in [0, 0.05) is 43.0 Å². The number of piperazine rings is 1. The minimum Gasteiger partial charge on any atom is -0.480 e. The van der Waals surface area contributed by atoms with Gasteiger partial charge in [0.25, 0.3) is 10.2 Å². The van der Waals surface area contributed by atoms with Crippen LogP contribution in [0.5, 0.6) is 0 Å². The number of benzene rings is 3. The van der Waals surface area contributed by atoms with E-state index >= 15 is 0 Å². The number of anilines is 1. The Kier molecular flexibility index (Phi) is 7.71. The van der Waals surface area contributed by atoms with Crippen molar-refractivity contribution in [2.75, 3.05) is 31.1 Å². The summed E-state index contributed by atoms with van der Waals surface area (Å²) in [5.41, 5.74) is 2.87. The molecule has 1 atom stereocenters. The van der Waals surface area contributed by atoms with Crippen LogP contribution in [0.3, 0.4) is 0 Å². The standard InChI is InChI=1S/C27H29N3O4S/c1-2-5-26(27(31)32)28-35(33,34)30-18-16-29(17-19-30)25-14-11-21(12-15-25)8-9-22-10-13-23-6-3-4-7-24(23)20-22/h3-4,6-7,10-15,20,26,28H,2,5,16-19H2,1H3,(H,31,32)/t26-/m0/s1. The zero-order valence-corrected chi connectivity index (χ0v) is 20.5. The normalized spacial score (nSPS) is 15.4. The summed E-state index contributed by atoms with van der Waals surface area (Å²) in [4.78, 5) is 13.4. The lowest BCUT2D eigenvalue weighted by atomic mass is 10.1. The van der Waals surface area contributed by atoms with E-state index < -0.39 is 22.2 Å². The van der Waals surface area contributed by atoms with Crippen LogP contribution in [-0.2, 0) is 15.0 Å². The average molecular weight is 492 g/mol. The summed E-state index contributed by atoms with van der Waals surface area (Å²) < 4.78 is 28.9. The van der Waals surface area contributed by atoms with E-state index in [1.165, 1.54) is 9.69 Å². The van der Waals surface area contributed by atoms with Gasteiger partial charge in [-0.1, -0.05) is 55.5 Å². The van der Waals surface area contributed by atoms with E-state index in [-0.39, 0.29) is 19.5 Å². The maximum Gasteiger partial charge on any atom is 0.321 e. The van der Waals surface area contributed by atoms with E-state index in [0.717, 1.165) is 22.2 Å². The summed E-state index contributed by atoms with van der Waals surface area (Å²) in [5, 5.41) is 11.6. The zero-order valence-electron chi connectivity index (χ0n) is 19.6. The van der Waals surface area contributed by atoms with Crippen molar-refractivity contribution in [1.29, 1.82) is 0 Å². The number of aliphatic carboxylic acids is 1. The van der Waals surface area contributed by atoms with Crippen LogP contribution in [0, 0.1) is 11.8 Å². The second-order valence-corrected chi connectivity index (χ2v) is 10.2. The highest BCUT2D eigenvalue weighted by atomic mass is 32.2. The molecule has 8 heteroatoms. The second kappa shape index (κ2) is 10.9. The molecule has 1 aliphatic heterocycles. The largest absolute Gasteiger partial charge is 0.480 e. The second-order valence-electron chi connectivity index (χ2n) is 8.55. The third-order valence-corrected chi connectivity index (χ3v) is 7.71. The Morgan fingerprint density at radius 2 is 1.57 bits per heavy atom. The van der Waals surface area contributed by atoms with Crippen molar-refractivity contribution < 1.29 is 18.3 Å². The molecule has 0 aliphatic carbocycles. The van der Waals surface area contributed by atoms with E-state index in [9.17, 15) is 18.3 Å². The number of fused-ring (bicyclic) bond motifs is 1. The highest BCUT2D eigenvalue weighted by Crippen LogP contribution is 2.19. The lowest BCUT2D eigenvalue weighted by molar-refractivity contribution is -0.139. The van der Waals surface area contributed by atoms with Gasteiger partial charge in [0.1, 0.15) is 6.04 Å². The fraction of sp³-hybridized carbons (Fsp3) is 0.296. The molecule has 3 aromatic rings. The van der Waals surface area contributed by atoms with Crippen LogP contribution in [-0.4, -0.2) is 56.0 Å². The van der Waals surface area contributed by atoms with E-state index in [2.05, 4.69) is 45.7 Å². The molecule has 0 aromatic heterocycles. The zero-order chi connectivity index (χ0) is 24.8. The van der Waals surface area contributed by atoms with Gasteiger partial charge in [-0.3, -0.25) is 4.79 Å². The van der Waals surface area contributed by atoms with Crippen LogP contribution >= 0.6 is 0 Å². The molecule has 0 unspecified atom stereocenters. The SMILES string of the molecule is CCC[C@H](NS(=O)(=O)N1CCN(c2ccc(C#Cc3ccc4ccccc4c3)cc2)CC1)C(=O)O. The number of nitrogens with one attached hydrogen (secondary N) is 1. The number of hydrogen-bond donors (Lipinski definition) is 2. The number of carboxylic acids is 1. The van der Waals surface area contributed by atoms with Gasteiger partial charge in [-0.2, -0.15) is 17.4 Å². The molecular formula is C27H29N3O4S. The van der Waals surface area contributed by atoms with Gasteiger partial charge in [0.05, 0.1) is 0 Å². The lowest BCUT2D eigenvalue weighted by Crippen LogP contribution is -2.54. The summed E-state index contributed by atoms with van der Waals surface area (Å²) in [6.07, 6.45) is 0.834. The molecule has 2 N–H and O–H groups in total. The van der Waals surface area contributed by atoms with Crippen LogP contribution in [0.2, 0.25) is 0 Å². The molecule has 182 valence electrons. The highest BCUT2D eigenvalue weighted by Gasteiger charge is 2.31. The van der Waals surface area contributed by atoms with Gasteiger partial charge >= 0.3 is 5.97 Å². The van der Waals surface area contributed by atoms with Gasteiger partial charge < -0.3 is 10.0 Å². The van der Waals surface area contributed by atoms with Crippen molar-refractivity contribution in [1.82, 2.24) is 9.03 Å². The smallest absolute Gasteiger partial charge is 0.321 e. The van der Waals surface area contributed by atoms with Crippen LogP contribution < -0.4 is 9.62 Å². The molecule has 7 nitrogen and oxygen atoms in total. The molecule has 0 bridgehead atoms. The molecule has 35 heavy (non-hydrogen) atoms. The Hall–Kier alpha value is -3.38.